The van der Waals surface area contributed by atoms with Crippen molar-refractivity contribution >= 4 is 40.7 Å². The summed E-state index contributed by atoms with van der Waals surface area (Å²) in [6.45, 7) is 3.78. The molecule has 0 heterocycles. The molecule has 2 amide bonds. The van der Waals surface area contributed by atoms with Crippen LogP contribution in [-0.2, 0) is 9.59 Å². The van der Waals surface area contributed by atoms with Crippen molar-refractivity contribution in [1.29, 1.82) is 0 Å². The Balaban J connectivity index is 2.54. The van der Waals surface area contributed by atoms with E-state index in [2.05, 4.69) is 17.2 Å². The molecule has 0 radical (unpaired) electrons. The van der Waals surface area contributed by atoms with Gasteiger partial charge in [0.15, 0.2) is 0 Å². The van der Waals surface area contributed by atoms with Gasteiger partial charge in [-0.3, -0.25) is 9.59 Å². The van der Waals surface area contributed by atoms with Gasteiger partial charge in [-0.15, -0.1) is 6.58 Å². The van der Waals surface area contributed by atoms with Crippen molar-refractivity contribution < 1.29 is 9.59 Å². The number of nitrogens with one attached hydrogen (secondary N) is 2. The van der Waals surface area contributed by atoms with Crippen molar-refractivity contribution in [3.63, 3.8) is 0 Å². The van der Waals surface area contributed by atoms with Crippen LogP contribution in [0.5, 0.6) is 0 Å². The number of amides is 2. The van der Waals surface area contributed by atoms with Gasteiger partial charge in [0.25, 0.3) is 0 Å². The molecular formula is C12H12Cl2N2O2. The van der Waals surface area contributed by atoms with Gasteiger partial charge in [0, 0.05) is 22.3 Å². The highest BCUT2D eigenvalue weighted by Gasteiger charge is 2.09. The van der Waals surface area contributed by atoms with Crippen LogP contribution in [0.1, 0.15) is 6.42 Å². The fourth-order valence-electron chi connectivity index (χ4n) is 1.23. The first-order chi connectivity index (χ1) is 8.51. The minimum absolute atomic E-state index is 0.266. The number of carbonyl (C=O) groups is 2. The van der Waals surface area contributed by atoms with E-state index >= 15 is 0 Å². The van der Waals surface area contributed by atoms with E-state index in [1.807, 2.05) is 0 Å². The summed E-state index contributed by atoms with van der Waals surface area (Å²) in [5.41, 5.74) is 0.453. The second-order valence-corrected chi connectivity index (χ2v) is 4.35. The van der Waals surface area contributed by atoms with E-state index in [4.69, 9.17) is 23.2 Å². The minimum Gasteiger partial charge on any atom is -0.352 e. The zero-order valence-corrected chi connectivity index (χ0v) is 11.0. The molecule has 0 saturated heterocycles. The van der Waals surface area contributed by atoms with Gasteiger partial charge in [0.05, 0.1) is 0 Å². The van der Waals surface area contributed by atoms with E-state index in [1.165, 1.54) is 6.08 Å². The fraction of sp³-hybridized carbons (Fsp3) is 0.167. The molecule has 18 heavy (non-hydrogen) atoms. The van der Waals surface area contributed by atoms with Crippen LogP contribution in [0.15, 0.2) is 30.9 Å². The SMILES string of the molecule is C=CCNC(=O)CC(=O)Nc1cc(Cl)cc(Cl)c1. The lowest BCUT2D eigenvalue weighted by atomic mass is 10.3. The third kappa shape index (κ3) is 5.21. The number of carbonyl (C=O) groups excluding carboxylic acids is 2. The maximum Gasteiger partial charge on any atom is 0.233 e. The molecule has 1 aromatic carbocycles. The molecule has 0 fully saturated rings. The van der Waals surface area contributed by atoms with Gasteiger partial charge in [-0.2, -0.15) is 0 Å². The number of hydrogen-bond donors (Lipinski definition) is 2. The monoisotopic (exact) mass is 286 g/mol. The second-order valence-electron chi connectivity index (χ2n) is 3.48. The molecule has 0 aromatic heterocycles. The van der Waals surface area contributed by atoms with Crippen molar-refractivity contribution in [2.24, 2.45) is 0 Å². The Kier molecular flexibility index (Phi) is 5.68. The lowest BCUT2D eigenvalue weighted by Gasteiger charge is -2.06. The van der Waals surface area contributed by atoms with Crippen LogP contribution in [0.4, 0.5) is 5.69 Å². The summed E-state index contributed by atoms with van der Waals surface area (Å²) in [6, 6.07) is 4.65. The smallest absolute Gasteiger partial charge is 0.233 e. The zero-order chi connectivity index (χ0) is 13.5. The van der Waals surface area contributed by atoms with Crippen LogP contribution >= 0.6 is 23.2 Å². The van der Waals surface area contributed by atoms with Crippen molar-refractivity contribution in [2.45, 2.75) is 6.42 Å². The summed E-state index contributed by atoms with van der Waals surface area (Å²) in [5.74, 6) is -0.810. The Bertz CT molecular complexity index is 455. The first-order valence-corrected chi connectivity index (χ1v) is 5.90. The normalized spacial score (nSPS) is 9.67. The zero-order valence-electron chi connectivity index (χ0n) is 9.50. The van der Waals surface area contributed by atoms with Gasteiger partial charge in [-0.25, -0.2) is 0 Å². The van der Waals surface area contributed by atoms with Crippen molar-refractivity contribution in [1.82, 2.24) is 5.32 Å². The highest BCUT2D eigenvalue weighted by atomic mass is 35.5. The van der Waals surface area contributed by atoms with Crippen molar-refractivity contribution in [2.75, 3.05) is 11.9 Å². The predicted octanol–water partition coefficient (Wildman–Crippen LogP) is 2.62. The molecule has 0 saturated carbocycles. The van der Waals surface area contributed by atoms with E-state index in [0.717, 1.165) is 0 Å². The molecule has 6 heteroatoms. The van der Waals surface area contributed by atoms with Crippen LogP contribution in [0.25, 0.3) is 0 Å². The minimum atomic E-state index is -0.435. The average Bonchev–Trinajstić information content (AvgIpc) is 2.24. The Morgan fingerprint density at radius 3 is 2.33 bits per heavy atom. The van der Waals surface area contributed by atoms with Gasteiger partial charge in [-0.1, -0.05) is 29.3 Å². The van der Waals surface area contributed by atoms with Gasteiger partial charge in [0.2, 0.25) is 11.8 Å². The molecule has 0 aliphatic carbocycles. The van der Waals surface area contributed by atoms with E-state index in [9.17, 15) is 9.59 Å². The molecule has 4 nitrogen and oxygen atoms in total. The third-order valence-corrected chi connectivity index (χ3v) is 2.35. The highest BCUT2D eigenvalue weighted by molar-refractivity contribution is 6.35. The van der Waals surface area contributed by atoms with Crippen LogP contribution < -0.4 is 10.6 Å². The first-order valence-electron chi connectivity index (χ1n) is 5.15. The van der Waals surface area contributed by atoms with Gasteiger partial charge in [0.1, 0.15) is 6.42 Å². The number of benzene rings is 1. The summed E-state index contributed by atoms with van der Waals surface area (Å²) in [5, 5.41) is 5.86. The van der Waals surface area contributed by atoms with Gasteiger partial charge >= 0.3 is 0 Å². The van der Waals surface area contributed by atoms with Crippen LogP contribution in [0.3, 0.4) is 0 Å². The van der Waals surface area contributed by atoms with E-state index < -0.39 is 5.91 Å². The van der Waals surface area contributed by atoms with Crippen LogP contribution in [0, 0.1) is 0 Å². The number of anilines is 1. The summed E-state index contributed by atoms with van der Waals surface area (Å²) in [7, 11) is 0. The maximum absolute atomic E-state index is 11.5. The van der Waals surface area contributed by atoms with Crippen molar-refractivity contribution in [3.05, 3.63) is 40.9 Å². The molecule has 0 unspecified atom stereocenters. The summed E-state index contributed by atoms with van der Waals surface area (Å²) < 4.78 is 0. The summed E-state index contributed by atoms with van der Waals surface area (Å²) in [6.07, 6.45) is 1.27. The van der Waals surface area contributed by atoms with E-state index in [-0.39, 0.29) is 12.3 Å². The molecule has 0 aliphatic rings. The molecule has 1 aromatic rings. The molecule has 0 bridgehead atoms. The molecule has 0 aliphatic heterocycles. The van der Waals surface area contributed by atoms with E-state index in [1.54, 1.807) is 18.2 Å². The Hall–Kier alpha value is -1.52. The Morgan fingerprint density at radius 1 is 1.17 bits per heavy atom. The van der Waals surface area contributed by atoms with Crippen LogP contribution in [0.2, 0.25) is 10.0 Å². The lowest BCUT2D eigenvalue weighted by molar-refractivity contribution is -0.126. The number of halogens is 2. The van der Waals surface area contributed by atoms with Crippen LogP contribution in [-0.4, -0.2) is 18.4 Å². The van der Waals surface area contributed by atoms with Gasteiger partial charge < -0.3 is 10.6 Å². The predicted molar refractivity (Wildman–Crippen MR) is 72.9 cm³/mol. The third-order valence-electron chi connectivity index (χ3n) is 1.91. The Morgan fingerprint density at radius 2 is 1.78 bits per heavy atom. The lowest BCUT2D eigenvalue weighted by Crippen LogP contribution is -2.28. The first kappa shape index (κ1) is 14.5. The quantitative estimate of drug-likeness (QED) is 0.646. The molecule has 0 atom stereocenters. The average molecular weight is 287 g/mol. The van der Waals surface area contributed by atoms with Gasteiger partial charge in [-0.05, 0) is 18.2 Å². The maximum atomic E-state index is 11.5. The number of hydrogen-bond acceptors (Lipinski definition) is 2. The van der Waals surface area contributed by atoms with Crippen molar-refractivity contribution in [3.8, 4) is 0 Å². The molecule has 0 spiro atoms. The molecule has 2 N–H and O–H groups in total. The largest absolute Gasteiger partial charge is 0.352 e. The number of rotatable bonds is 5. The van der Waals surface area contributed by atoms with E-state index in [0.29, 0.717) is 22.3 Å². The topological polar surface area (TPSA) is 58.2 Å². The molecular weight excluding hydrogens is 275 g/mol. The highest BCUT2D eigenvalue weighted by Crippen LogP contribution is 2.22. The standard InChI is InChI=1S/C12H12Cl2N2O2/c1-2-3-15-11(17)7-12(18)16-10-5-8(13)4-9(14)6-10/h2,4-6H,1,3,7H2,(H,15,17)(H,16,18). The summed E-state index contributed by atoms with van der Waals surface area (Å²) in [4.78, 5) is 22.8. The summed E-state index contributed by atoms with van der Waals surface area (Å²) >= 11 is 11.6. The molecule has 96 valence electrons. The molecule has 1 rings (SSSR count). The fourth-order valence-corrected chi connectivity index (χ4v) is 1.75. The second kappa shape index (κ2) is 7.03. The Labute approximate surface area is 115 Å².